The summed E-state index contributed by atoms with van der Waals surface area (Å²) in [7, 11) is 0. The molecule has 0 unspecified atom stereocenters. The first-order valence-corrected chi connectivity index (χ1v) is 8.38. The molecule has 1 aromatic heterocycles. The maximum absolute atomic E-state index is 3.98. The van der Waals surface area contributed by atoms with Crippen LogP contribution < -0.4 is 5.32 Å². The molecule has 0 aromatic carbocycles. The van der Waals surface area contributed by atoms with Crippen LogP contribution in [0.2, 0.25) is 0 Å². The van der Waals surface area contributed by atoms with Crippen molar-refractivity contribution < 1.29 is 0 Å². The number of hydrogen-bond acceptors (Lipinski definition) is 2. The van der Waals surface area contributed by atoms with Crippen molar-refractivity contribution in [2.24, 2.45) is 17.8 Å². The van der Waals surface area contributed by atoms with Gasteiger partial charge in [0.25, 0.3) is 0 Å². The van der Waals surface area contributed by atoms with Crippen LogP contribution in [0.3, 0.4) is 0 Å². The quantitative estimate of drug-likeness (QED) is 0.864. The molecular formula is C16H24ClNS. The van der Waals surface area contributed by atoms with Crippen molar-refractivity contribution in [3.05, 3.63) is 21.9 Å². The third kappa shape index (κ3) is 2.48. The van der Waals surface area contributed by atoms with Crippen molar-refractivity contribution >= 4 is 23.7 Å². The fourth-order valence-electron chi connectivity index (χ4n) is 5.18. The molecule has 1 N–H and O–H groups in total. The molecule has 0 aliphatic heterocycles. The summed E-state index contributed by atoms with van der Waals surface area (Å²) in [6.45, 7) is 3.35. The zero-order valence-electron chi connectivity index (χ0n) is 11.7. The Labute approximate surface area is 126 Å². The minimum absolute atomic E-state index is 0. The maximum Gasteiger partial charge on any atom is 0.0307 e. The van der Waals surface area contributed by atoms with Crippen LogP contribution in [-0.2, 0) is 6.54 Å². The Morgan fingerprint density at radius 1 is 1.16 bits per heavy atom. The molecule has 0 atom stereocenters. The van der Waals surface area contributed by atoms with Crippen LogP contribution in [0.1, 0.15) is 49.0 Å². The summed E-state index contributed by atoms with van der Waals surface area (Å²) in [5, 5.41) is 6.21. The molecule has 4 aliphatic rings. The predicted molar refractivity (Wildman–Crippen MR) is 84.0 cm³/mol. The molecule has 1 heterocycles. The second-order valence-corrected chi connectivity index (χ2v) is 8.08. The first-order chi connectivity index (χ1) is 8.72. The molecule has 1 nitrogen and oxygen atoms in total. The molecule has 0 amide bonds. The van der Waals surface area contributed by atoms with Crippen LogP contribution >= 0.6 is 23.7 Å². The second-order valence-electron chi connectivity index (χ2n) is 7.08. The molecule has 1 aromatic rings. The Hall–Kier alpha value is -0.0500. The average Bonchev–Trinajstić information content (AvgIpc) is 2.70. The van der Waals surface area contributed by atoms with Crippen molar-refractivity contribution in [1.29, 1.82) is 0 Å². The van der Waals surface area contributed by atoms with Gasteiger partial charge in [0, 0.05) is 17.0 Å². The van der Waals surface area contributed by atoms with Crippen molar-refractivity contribution in [3.8, 4) is 0 Å². The number of rotatable bonds is 3. The van der Waals surface area contributed by atoms with E-state index in [0.717, 1.165) is 24.3 Å². The molecule has 3 heteroatoms. The van der Waals surface area contributed by atoms with Gasteiger partial charge in [-0.25, -0.2) is 0 Å². The van der Waals surface area contributed by atoms with Gasteiger partial charge in [-0.05, 0) is 80.2 Å². The van der Waals surface area contributed by atoms with Crippen LogP contribution in [0, 0.1) is 24.7 Å². The third-order valence-corrected chi connectivity index (χ3v) is 6.65. The zero-order chi connectivity index (χ0) is 12.2. The SMILES string of the molecule is Cc1ccsc1CNC12CC3CC(CC(C3)C1)C2.Cl. The highest BCUT2D eigenvalue weighted by Crippen LogP contribution is 2.55. The molecule has 4 bridgehead atoms. The molecule has 19 heavy (non-hydrogen) atoms. The summed E-state index contributed by atoms with van der Waals surface area (Å²) in [6, 6.07) is 2.25. The standard InChI is InChI=1S/C16H23NS.ClH/c1-11-2-3-18-15(11)10-17-16-7-12-4-13(8-16)6-14(5-12)9-16;/h2-3,12-14,17H,4-10H2,1H3;1H. The monoisotopic (exact) mass is 297 g/mol. The van der Waals surface area contributed by atoms with E-state index in [1.807, 2.05) is 11.3 Å². The van der Waals surface area contributed by atoms with Crippen molar-refractivity contribution in [1.82, 2.24) is 5.32 Å². The van der Waals surface area contributed by atoms with E-state index in [1.54, 1.807) is 4.88 Å². The topological polar surface area (TPSA) is 12.0 Å². The number of hydrogen-bond donors (Lipinski definition) is 1. The van der Waals surface area contributed by atoms with E-state index in [9.17, 15) is 0 Å². The van der Waals surface area contributed by atoms with Gasteiger partial charge in [0.1, 0.15) is 0 Å². The minimum atomic E-state index is 0. The van der Waals surface area contributed by atoms with E-state index in [2.05, 4.69) is 23.7 Å². The average molecular weight is 298 g/mol. The molecule has 4 fully saturated rings. The summed E-state index contributed by atoms with van der Waals surface area (Å²) < 4.78 is 0. The highest BCUT2D eigenvalue weighted by Gasteiger charge is 2.50. The zero-order valence-corrected chi connectivity index (χ0v) is 13.3. The maximum atomic E-state index is 3.98. The fraction of sp³-hybridized carbons (Fsp3) is 0.750. The first-order valence-electron chi connectivity index (χ1n) is 7.50. The molecule has 5 rings (SSSR count). The van der Waals surface area contributed by atoms with E-state index in [-0.39, 0.29) is 12.4 Å². The molecular weight excluding hydrogens is 274 g/mol. The van der Waals surface area contributed by atoms with Gasteiger partial charge in [-0.15, -0.1) is 23.7 Å². The van der Waals surface area contributed by atoms with Gasteiger partial charge in [0.15, 0.2) is 0 Å². The lowest BCUT2D eigenvalue weighted by Crippen LogP contribution is -2.58. The number of aryl methyl sites for hydroxylation is 1. The van der Waals surface area contributed by atoms with E-state index < -0.39 is 0 Å². The van der Waals surface area contributed by atoms with Crippen LogP contribution in [0.5, 0.6) is 0 Å². The lowest BCUT2D eigenvalue weighted by atomic mass is 9.53. The Kier molecular flexibility index (Phi) is 3.70. The summed E-state index contributed by atoms with van der Waals surface area (Å²) in [5.74, 6) is 3.15. The molecule has 0 spiro atoms. The number of thiophene rings is 1. The van der Waals surface area contributed by atoms with Crippen molar-refractivity contribution in [2.45, 2.75) is 57.5 Å². The van der Waals surface area contributed by atoms with Crippen molar-refractivity contribution in [2.75, 3.05) is 0 Å². The summed E-state index contributed by atoms with van der Waals surface area (Å²) >= 11 is 1.92. The Morgan fingerprint density at radius 3 is 2.21 bits per heavy atom. The molecule has 4 aliphatic carbocycles. The molecule has 4 saturated carbocycles. The second kappa shape index (κ2) is 5.05. The van der Waals surface area contributed by atoms with Gasteiger partial charge in [-0.1, -0.05) is 0 Å². The highest BCUT2D eigenvalue weighted by atomic mass is 35.5. The fourth-order valence-corrected chi connectivity index (χ4v) is 6.03. The van der Waals surface area contributed by atoms with Crippen LogP contribution in [0.25, 0.3) is 0 Å². The Balaban J connectivity index is 0.00000110. The van der Waals surface area contributed by atoms with Gasteiger partial charge >= 0.3 is 0 Å². The third-order valence-electron chi connectivity index (χ3n) is 5.63. The van der Waals surface area contributed by atoms with E-state index in [1.165, 1.54) is 44.1 Å². The van der Waals surface area contributed by atoms with Crippen LogP contribution in [-0.4, -0.2) is 5.54 Å². The summed E-state index contributed by atoms with van der Waals surface area (Å²) in [6.07, 6.45) is 9.01. The van der Waals surface area contributed by atoms with E-state index in [0.29, 0.717) is 5.54 Å². The predicted octanol–water partition coefficient (Wildman–Crippen LogP) is 4.54. The van der Waals surface area contributed by atoms with Crippen LogP contribution in [0.4, 0.5) is 0 Å². The number of halogens is 1. The van der Waals surface area contributed by atoms with Gasteiger partial charge in [0.2, 0.25) is 0 Å². The normalized spacial score (nSPS) is 39.3. The lowest BCUT2D eigenvalue weighted by molar-refractivity contribution is -0.0204. The molecule has 0 saturated heterocycles. The Morgan fingerprint density at radius 2 is 1.74 bits per heavy atom. The van der Waals surface area contributed by atoms with Gasteiger partial charge in [0.05, 0.1) is 0 Å². The summed E-state index contributed by atoms with van der Waals surface area (Å²) in [5.41, 5.74) is 1.99. The number of nitrogens with one attached hydrogen (secondary N) is 1. The first kappa shape index (κ1) is 13.9. The lowest BCUT2D eigenvalue weighted by Gasteiger charge is -2.57. The van der Waals surface area contributed by atoms with E-state index >= 15 is 0 Å². The van der Waals surface area contributed by atoms with Gasteiger partial charge < -0.3 is 5.32 Å². The summed E-state index contributed by atoms with van der Waals surface area (Å²) in [4.78, 5) is 1.55. The minimum Gasteiger partial charge on any atom is -0.306 e. The largest absolute Gasteiger partial charge is 0.306 e. The van der Waals surface area contributed by atoms with Gasteiger partial charge in [-0.2, -0.15) is 0 Å². The highest BCUT2D eigenvalue weighted by molar-refractivity contribution is 7.10. The van der Waals surface area contributed by atoms with E-state index in [4.69, 9.17) is 0 Å². The van der Waals surface area contributed by atoms with Gasteiger partial charge in [-0.3, -0.25) is 0 Å². The smallest absolute Gasteiger partial charge is 0.0307 e. The van der Waals surface area contributed by atoms with Crippen LogP contribution in [0.15, 0.2) is 11.4 Å². The van der Waals surface area contributed by atoms with Crippen molar-refractivity contribution in [3.63, 3.8) is 0 Å². The Bertz CT molecular complexity index is 418. The molecule has 106 valence electrons. The molecule has 0 radical (unpaired) electrons.